The van der Waals surface area contributed by atoms with Crippen LogP contribution in [0.4, 0.5) is 9.59 Å². The van der Waals surface area contributed by atoms with Gasteiger partial charge in [-0.3, -0.25) is 0 Å². The van der Waals surface area contributed by atoms with Crippen LogP contribution in [0, 0.1) is 0 Å². The monoisotopic (exact) mass is 304 g/mol. The van der Waals surface area contributed by atoms with Gasteiger partial charge in [0.25, 0.3) is 0 Å². The van der Waals surface area contributed by atoms with Crippen LogP contribution in [0.1, 0.15) is 17.0 Å². The van der Waals surface area contributed by atoms with Crippen LogP contribution >= 0.6 is 0 Å². The number of benzene rings is 2. The molecular weight excluding hydrogens is 288 g/mol. The number of hydrogen-bond donors (Lipinski definition) is 3. The van der Waals surface area contributed by atoms with E-state index in [1.54, 1.807) is 0 Å². The Bertz CT molecular complexity index is 539. The summed E-state index contributed by atoms with van der Waals surface area (Å²) in [6, 6.07) is 19.5. The molecule has 0 bridgehead atoms. The molecule has 116 valence electrons. The number of rotatable bonds is 4. The van der Waals surface area contributed by atoms with Crippen LogP contribution in [0.15, 0.2) is 60.7 Å². The summed E-state index contributed by atoms with van der Waals surface area (Å²) < 4.78 is 4.73. The Morgan fingerprint density at radius 3 is 1.50 bits per heavy atom. The van der Waals surface area contributed by atoms with Crippen LogP contribution in [0.5, 0.6) is 0 Å². The maximum Gasteiger partial charge on any atom is 0.505 e. The minimum absolute atomic E-state index is 0.0662. The highest BCUT2D eigenvalue weighted by molar-refractivity contribution is 5.57. The minimum Gasteiger partial charge on any atom is -0.450 e. The summed E-state index contributed by atoms with van der Waals surface area (Å²) >= 11 is 0. The van der Waals surface area contributed by atoms with Crippen molar-refractivity contribution in [2.24, 2.45) is 0 Å². The second-order valence-corrected chi connectivity index (χ2v) is 4.23. The summed E-state index contributed by atoms with van der Waals surface area (Å²) in [6.07, 6.45) is -3.08. The van der Waals surface area contributed by atoms with Gasteiger partial charge in [0, 0.05) is 5.92 Å². The highest BCUT2D eigenvalue weighted by atomic mass is 16.7. The second kappa shape index (κ2) is 9.02. The molecular formula is C16H16O6. The SMILES string of the molecule is O=C(O)O.O=C(O)OCC(c1ccccc1)c1ccccc1. The molecule has 22 heavy (non-hydrogen) atoms. The van der Waals surface area contributed by atoms with Crippen molar-refractivity contribution >= 4 is 12.3 Å². The summed E-state index contributed by atoms with van der Waals surface area (Å²) in [5.41, 5.74) is 2.09. The third-order valence-corrected chi connectivity index (χ3v) is 2.78. The zero-order chi connectivity index (χ0) is 16.4. The lowest BCUT2D eigenvalue weighted by atomic mass is 9.92. The molecule has 3 N–H and O–H groups in total. The van der Waals surface area contributed by atoms with Crippen LogP contribution in [-0.2, 0) is 4.74 Å². The van der Waals surface area contributed by atoms with E-state index < -0.39 is 12.3 Å². The molecule has 6 nitrogen and oxygen atoms in total. The fourth-order valence-electron chi connectivity index (χ4n) is 1.91. The van der Waals surface area contributed by atoms with Gasteiger partial charge in [0.2, 0.25) is 0 Å². The predicted octanol–water partition coefficient (Wildman–Crippen LogP) is 3.74. The number of carboxylic acid groups (broad SMARTS) is 3. The van der Waals surface area contributed by atoms with E-state index >= 15 is 0 Å². The van der Waals surface area contributed by atoms with Crippen molar-refractivity contribution in [3.8, 4) is 0 Å². The molecule has 2 rings (SSSR count). The average molecular weight is 304 g/mol. The van der Waals surface area contributed by atoms with Crippen molar-refractivity contribution in [1.29, 1.82) is 0 Å². The van der Waals surface area contributed by atoms with Crippen LogP contribution in [-0.4, -0.2) is 34.2 Å². The van der Waals surface area contributed by atoms with Gasteiger partial charge < -0.3 is 20.1 Å². The molecule has 0 aliphatic carbocycles. The third-order valence-electron chi connectivity index (χ3n) is 2.78. The second-order valence-electron chi connectivity index (χ2n) is 4.23. The molecule has 0 fully saturated rings. The van der Waals surface area contributed by atoms with Crippen LogP contribution in [0.3, 0.4) is 0 Å². The fourth-order valence-corrected chi connectivity index (χ4v) is 1.91. The highest BCUT2D eigenvalue weighted by Gasteiger charge is 2.15. The van der Waals surface area contributed by atoms with Crippen molar-refractivity contribution in [3.63, 3.8) is 0 Å². The maximum atomic E-state index is 10.5. The molecule has 0 amide bonds. The summed E-state index contributed by atoms with van der Waals surface area (Å²) in [5.74, 6) is -0.0662. The number of ether oxygens (including phenoxy) is 1. The molecule has 0 atom stereocenters. The molecule has 0 spiro atoms. The first-order chi connectivity index (χ1) is 10.5. The van der Waals surface area contributed by atoms with E-state index in [1.165, 1.54) is 0 Å². The Kier molecular flexibility index (Phi) is 6.98. The molecule has 0 aromatic heterocycles. The van der Waals surface area contributed by atoms with Gasteiger partial charge in [-0.1, -0.05) is 60.7 Å². The Labute approximate surface area is 127 Å². The molecule has 0 saturated heterocycles. The predicted molar refractivity (Wildman–Crippen MR) is 79.4 cm³/mol. The lowest BCUT2D eigenvalue weighted by molar-refractivity contribution is 0.0888. The average Bonchev–Trinajstić information content (AvgIpc) is 2.49. The van der Waals surface area contributed by atoms with Crippen molar-refractivity contribution < 1.29 is 29.6 Å². The molecule has 0 saturated carbocycles. The fraction of sp³-hybridized carbons (Fsp3) is 0.125. The molecule has 0 unspecified atom stereocenters. The van der Waals surface area contributed by atoms with E-state index in [-0.39, 0.29) is 12.5 Å². The van der Waals surface area contributed by atoms with E-state index in [0.717, 1.165) is 11.1 Å². The van der Waals surface area contributed by atoms with E-state index in [9.17, 15) is 4.79 Å². The highest BCUT2D eigenvalue weighted by Crippen LogP contribution is 2.24. The van der Waals surface area contributed by atoms with Gasteiger partial charge in [0.15, 0.2) is 0 Å². The molecule has 2 aromatic rings. The smallest absolute Gasteiger partial charge is 0.450 e. The topological polar surface area (TPSA) is 104 Å². The van der Waals surface area contributed by atoms with E-state index in [1.807, 2.05) is 60.7 Å². The molecule has 0 heterocycles. The van der Waals surface area contributed by atoms with Crippen LogP contribution in [0.2, 0.25) is 0 Å². The summed E-state index contributed by atoms with van der Waals surface area (Å²) in [6.45, 7) is 0.128. The van der Waals surface area contributed by atoms with Gasteiger partial charge in [-0.15, -0.1) is 0 Å². The summed E-state index contributed by atoms with van der Waals surface area (Å²) in [4.78, 5) is 19.1. The first kappa shape index (κ1) is 17.0. The van der Waals surface area contributed by atoms with E-state index in [2.05, 4.69) is 0 Å². The normalized spacial score (nSPS) is 9.50. The first-order valence-electron chi connectivity index (χ1n) is 6.38. The van der Waals surface area contributed by atoms with Gasteiger partial charge >= 0.3 is 12.3 Å². The molecule has 0 aliphatic rings. The lowest BCUT2D eigenvalue weighted by Gasteiger charge is -2.17. The van der Waals surface area contributed by atoms with Crippen LogP contribution in [0.25, 0.3) is 0 Å². The Balaban J connectivity index is 0.000000541. The molecule has 0 aliphatic heterocycles. The minimum atomic E-state index is -1.83. The molecule has 2 aromatic carbocycles. The van der Waals surface area contributed by atoms with E-state index in [0.29, 0.717) is 0 Å². The van der Waals surface area contributed by atoms with Crippen molar-refractivity contribution in [2.75, 3.05) is 6.61 Å². The lowest BCUT2D eigenvalue weighted by Crippen LogP contribution is -2.12. The van der Waals surface area contributed by atoms with E-state index in [4.69, 9.17) is 24.9 Å². The Morgan fingerprint density at radius 1 is 0.818 bits per heavy atom. The number of hydrogen-bond acceptors (Lipinski definition) is 3. The third kappa shape index (κ3) is 6.42. The molecule has 0 radical (unpaired) electrons. The van der Waals surface area contributed by atoms with Gasteiger partial charge in [0.05, 0.1) is 0 Å². The van der Waals surface area contributed by atoms with Gasteiger partial charge in [-0.05, 0) is 11.1 Å². The maximum absolute atomic E-state index is 10.5. The first-order valence-corrected chi connectivity index (χ1v) is 6.38. The van der Waals surface area contributed by atoms with Crippen molar-refractivity contribution in [2.45, 2.75) is 5.92 Å². The molecule has 6 heteroatoms. The van der Waals surface area contributed by atoms with Crippen LogP contribution < -0.4 is 0 Å². The summed E-state index contributed by atoms with van der Waals surface area (Å²) in [5, 5.41) is 22.6. The zero-order valence-electron chi connectivity index (χ0n) is 11.6. The Hall–Kier alpha value is -3.02. The van der Waals surface area contributed by atoms with Crippen molar-refractivity contribution in [1.82, 2.24) is 0 Å². The standard InChI is InChI=1S/C15H14O3.CH2O3/c16-15(17)18-11-14(12-7-3-1-4-8-12)13-9-5-2-6-10-13;2-1(3)4/h1-10,14H,11H2,(H,16,17);(H2,2,3,4). The zero-order valence-corrected chi connectivity index (χ0v) is 11.6. The summed E-state index contributed by atoms with van der Waals surface area (Å²) in [7, 11) is 0. The van der Waals surface area contributed by atoms with Gasteiger partial charge in [-0.25, -0.2) is 9.59 Å². The largest absolute Gasteiger partial charge is 0.505 e. The number of carbonyl (C=O) groups is 2. The van der Waals surface area contributed by atoms with Gasteiger partial charge in [-0.2, -0.15) is 0 Å². The Morgan fingerprint density at radius 2 is 1.18 bits per heavy atom. The van der Waals surface area contributed by atoms with Crippen molar-refractivity contribution in [3.05, 3.63) is 71.8 Å². The quantitative estimate of drug-likeness (QED) is 0.743. The van der Waals surface area contributed by atoms with Gasteiger partial charge in [0.1, 0.15) is 6.61 Å².